The molecule has 0 unspecified atom stereocenters. The minimum atomic E-state index is 0.189. The Kier molecular flexibility index (Phi) is 2.95. The molecule has 3 nitrogen and oxygen atoms in total. The molecule has 2 rings (SSSR count). The highest BCUT2D eigenvalue weighted by Gasteiger charge is 2.06. The number of nitrogen functional groups attached to an aromatic ring is 1. The number of ether oxygens (including phenoxy) is 1. The molecular weight excluding hydrogens is 200 g/mol. The molecule has 0 aliphatic heterocycles. The quantitative estimate of drug-likeness (QED) is 0.858. The van der Waals surface area contributed by atoms with E-state index in [0.717, 1.165) is 23.1 Å². The molecule has 1 aromatic carbocycles. The lowest BCUT2D eigenvalue weighted by Crippen LogP contribution is -2.10. The molecule has 0 fully saturated rings. The molecule has 1 atom stereocenters. The van der Waals surface area contributed by atoms with E-state index in [1.807, 2.05) is 31.2 Å². The Labute approximate surface area is 95.2 Å². The van der Waals surface area contributed by atoms with Gasteiger partial charge in [-0.25, -0.2) is 4.98 Å². The molecule has 84 valence electrons. The number of para-hydroxylation sites is 1. The Morgan fingerprint density at radius 2 is 2.12 bits per heavy atom. The van der Waals surface area contributed by atoms with E-state index in [1.165, 1.54) is 0 Å². The van der Waals surface area contributed by atoms with Crippen molar-refractivity contribution in [1.82, 2.24) is 4.98 Å². The van der Waals surface area contributed by atoms with Crippen LogP contribution in [0.4, 0.5) is 5.82 Å². The van der Waals surface area contributed by atoms with Crippen LogP contribution in [0.3, 0.4) is 0 Å². The Bertz CT molecular complexity index is 496. The third-order valence-corrected chi connectivity index (χ3v) is 2.61. The van der Waals surface area contributed by atoms with Crippen LogP contribution < -0.4 is 10.5 Å². The summed E-state index contributed by atoms with van der Waals surface area (Å²) in [5, 5.41) is 1.05. The Morgan fingerprint density at radius 1 is 1.31 bits per heavy atom. The number of benzene rings is 1. The summed E-state index contributed by atoms with van der Waals surface area (Å²) in [4.78, 5) is 4.32. The first-order chi connectivity index (χ1) is 7.70. The fourth-order valence-corrected chi connectivity index (χ4v) is 1.53. The number of nitrogens with zero attached hydrogens (tertiary/aromatic N) is 1. The highest BCUT2D eigenvalue weighted by molar-refractivity contribution is 5.85. The van der Waals surface area contributed by atoms with Gasteiger partial charge in [-0.3, -0.25) is 0 Å². The summed E-state index contributed by atoms with van der Waals surface area (Å²) in [5.74, 6) is 1.33. The average molecular weight is 216 g/mol. The number of hydrogen-bond donors (Lipinski definition) is 1. The topological polar surface area (TPSA) is 48.1 Å². The van der Waals surface area contributed by atoms with Gasteiger partial charge in [0.25, 0.3) is 0 Å². The summed E-state index contributed by atoms with van der Waals surface area (Å²) in [5.41, 5.74) is 6.53. The maximum absolute atomic E-state index is 5.81. The third-order valence-electron chi connectivity index (χ3n) is 2.61. The van der Waals surface area contributed by atoms with Crippen LogP contribution in [0.2, 0.25) is 0 Å². The normalized spacial score (nSPS) is 12.6. The lowest BCUT2D eigenvalue weighted by molar-refractivity contribution is 0.220. The molecule has 0 spiro atoms. The largest absolute Gasteiger partial charge is 0.488 e. The molecule has 1 heterocycles. The van der Waals surface area contributed by atoms with Crippen molar-refractivity contribution in [3.8, 4) is 5.75 Å². The van der Waals surface area contributed by atoms with Crippen LogP contribution in [0, 0.1) is 0 Å². The summed E-state index contributed by atoms with van der Waals surface area (Å²) in [6.07, 6.45) is 1.16. The van der Waals surface area contributed by atoms with Crippen LogP contribution >= 0.6 is 0 Å². The summed E-state index contributed by atoms with van der Waals surface area (Å²) in [7, 11) is 0. The molecule has 1 aromatic heterocycles. The van der Waals surface area contributed by atoms with Gasteiger partial charge in [0, 0.05) is 5.39 Å². The maximum Gasteiger partial charge on any atom is 0.146 e. The third kappa shape index (κ3) is 2.08. The lowest BCUT2D eigenvalue weighted by Gasteiger charge is -2.14. The fraction of sp³-hybridized carbons (Fsp3) is 0.308. The van der Waals surface area contributed by atoms with Gasteiger partial charge in [0.05, 0.1) is 6.10 Å². The summed E-state index contributed by atoms with van der Waals surface area (Å²) in [6.45, 7) is 4.14. The smallest absolute Gasteiger partial charge is 0.146 e. The zero-order valence-electron chi connectivity index (χ0n) is 9.60. The molecule has 0 bridgehead atoms. The van der Waals surface area contributed by atoms with Gasteiger partial charge < -0.3 is 10.5 Å². The molecule has 0 aliphatic carbocycles. The zero-order valence-corrected chi connectivity index (χ0v) is 9.60. The zero-order chi connectivity index (χ0) is 11.5. The summed E-state index contributed by atoms with van der Waals surface area (Å²) < 4.78 is 5.81. The van der Waals surface area contributed by atoms with Gasteiger partial charge in [-0.2, -0.15) is 0 Å². The van der Waals surface area contributed by atoms with E-state index < -0.39 is 0 Å². The Balaban J connectivity index is 2.47. The van der Waals surface area contributed by atoms with Crippen molar-refractivity contribution in [2.45, 2.75) is 26.4 Å². The number of fused-ring (bicyclic) bond motifs is 1. The molecule has 3 heteroatoms. The monoisotopic (exact) mass is 216 g/mol. The van der Waals surface area contributed by atoms with Crippen molar-refractivity contribution in [1.29, 1.82) is 0 Å². The highest BCUT2D eigenvalue weighted by Crippen LogP contribution is 2.25. The average Bonchev–Trinajstić information content (AvgIpc) is 2.29. The van der Waals surface area contributed by atoms with Crippen LogP contribution in [-0.4, -0.2) is 11.1 Å². The molecule has 2 N–H and O–H groups in total. The molecule has 0 amide bonds. The molecule has 0 saturated carbocycles. The van der Waals surface area contributed by atoms with Gasteiger partial charge >= 0.3 is 0 Å². The van der Waals surface area contributed by atoms with Crippen molar-refractivity contribution in [3.63, 3.8) is 0 Å². The highest BCUT2D eigenvalue weighted by atomic mass is 16.5. The minimum absolute atomic E-state index is 0.189. The number of nitrogens with two attached hydrogens (primary N) is 1. The van der Waals surface area contributed by atoms with E-state index in [2.05, 4.69) is 11.9 Å². The lowest BCUT2D eigenvalue weighted by atomic mass is 10.2. The van der Waals surface area contributed by atoms with Gasteiger partial charge in [-0.05, 0) is 31.5 Å². The SMILES string of the molecule is CC[C@H](C)Oc1cccc2ccc(N)nc12. The number of rotatable bonds is 3. The van der Waals surface area contributed by atoms with E-state index in [9.17, 15) is 0 Å². The molecule has 2 aromatic rings. The number of pyridine rings is 1. The van der Waals surface area contributed by atoms with Crippen molar-refractivity contribution < 1.29 is 4.74 Å². The first kappa shape index (κ1) is 10.7. The van der Waals surface area contributed by atoms with Crippen molar-refractivity contribution in [2.24, 2.45) is 0 Å². The van der Waals surface area contributed by atoms with Gasteiger partial charge in [-0.1, -0.05) is 19.1 Å². The van der Waals surface area contributed by atoms with Crippen LogP contribution in [0.1, 0.15) is 20.3 Å². The van der Waals surface area contributed by atoms with Crippen LogP contribution in [0.5, 0.6) is 5.75 Å². The summed E-state index contributed by atoms with van der Waals surface area (Å²) in [6, 6.07) is 9.67. The van der Waals surface area contributed by atoms with Crippen molar-refractivity contribution in [2.75, 3.05) is 5.73 Å². The Hall–Kier alpha value is -1.77. The van der Waals surface area contributed by atoms with Crippen LogP contribution in [-0.2, 0) is 0 Å². The fourth-order valence-electron chi connectivity index (χ4n) is 1.53. The second-order valence-corrected chi connectivity index (χ2v) is 3.90. The van der Waals surface area contributed by atoms with Crippen LogP contribution in [0.15, 0.2) is 30.3 Å². The van der Waals surface area contributed by atoms with E-state index in [1.54, 1.807) is 6.07 Å². The minimum Gasteiger partial charge on any atom is -0.488 e. The molecule has 0 radical (unpaired) electrons. The predicted molar refractivity (Wildman–Crippen MR) is 66.5 cm³/mol. The van der Waals surface area contributed by atoms with Gasteiger partial charge in [-0.15, -0.1) is 0 Å². The maximum atomic E-state index is 5.81. The molecule has 0 saturated heterocycles. The van der Waals surface area contributed by atoms with Gasteiger partial charge in [0.2, 0.25) is 0 Å². The number of anilines is 1. The second-order valence-electron chi connectivity index (χ2n) is 3.90. The van der Waals surface area contributed by atoms with Gasteiger partial charge in [0.1, 0.15) is 17.1 Å². The van der Waals surface area contributed by atoms with E-state index >= 15 is 0 Å². The number of hydrogen-bond acceptors (Lipinski definition) is 3. The molecular formula is C13H16N2O. The van der Waals surface area contributed by atoms with Crippen LogP contribution in [0.25, 0.3) is 10.9 Å². The first-order valence-corrected chi connectivity index (χ1v) is 5.52. The van der Waals surface area contributed by atoms with E-state index in [-0.39, 0.29) is 6.10 Å². The van der Waals surface area contributed by atoms with Crippen molar-refractivity contribution >= 4 is 16.7 Å². The second kappa shape index (κ2) is 4.39. The summed E-state index contributed by atoms with van der Waals surface area (Å²) >= 11 is 0. The van der Waals surface area contributed by atoms with E-state index in [4.69, 9.17) is 10.5 Å². The van der Waals surface area contributed by atoms with Gasteiger partial charge in [0.15, 0.2) is 0 Å². The van der Waals surface area contributed by atoms with Crippen molar-refractivity contribution in [3.05, 3.63) is 30.3 Å². The van der Waals surface area contributed by atoms with E-state index in [0.29, 0.717) is 5.82 Å². The standard InChI is InChI=1S/C13H16N2O/c1-3-9(2)16-11-6-4-5-10-7-8-12(14)15-13(10)11/h4-9H,3H2,1-2H3,(H2,14,15)/t9-/m0/s1. The number of aromatic nitrogens is 1. The first-order valence-electron chi connectivity index (χ1n) is 5.52. The molecule has 0 aliphatic rings. The molecule has 16 heavy (non-hydrogen) atoms. The predicted octanol–water partition coefficient (Wildman–Crippen LogP) is 2.99. The Morgan fingerprint density at radius 3 is 2.88 bits per heavy atom.